The van der Waals surface area contributed by atoms with Crippen LogP contribution in [-0.2, 0) is 0 Å². The highest BCUT2D eigenvalue weighted by Crippen LogP contribution is 2.27. The second-order valence-corrected chi connectivity index (χ2v) is 3.05. The predicted molar refractivity (Wildman–Crippen MR) is 47.5 cm³/mol. The van der Waals surface area contributed by atoms with Crippen molar-refractivity contribution in [3.8, 4) is 5.88 Å². The van der Waals surface area contributed by atoms with Gasteiger partial charge < -0.3 is 4.74 Å². The Bertz CT molecular complexity index is 410. The van der Waals surface area contributed by atoms with Crippen molar-refractivity contribution in [1.29, 1.82) is 0 Å². The zero-order valence-corrected chi connectivity index (χ0v) is 8.25. The maximum atomic E-state index is 11.8. The highest BCUT2D eigenvalue weighted by Gasteiger charge is 2.29. The van der Waals surface area contributed by atoms with E-state index in [1.54, 1.807) is 0 Å². The monoisotopic (exact) mass is 256 g/mol. The molecule has 1 rings (SSSR count). The maximum Gasteiger partial charge on any atom is 0.422 e. The Morgan fingerprint density at radius 3 is 2.62 bits per heavy atom. The Morgan fingerprint density at radius 1 is 1.56 bits per heavy atom. The summed E-state index contributed by atoms with van der Waals surface area (Å²) in [7, 11) is 0. The van der Waals surface area contributed by atoms with Crippen LogP contribution in [-0.4, -0.2) is 22.7 Å². The lowest BCUT2D eigenvalue weighted by Crippen LogP contribution is -2.19. The summed E-state index contributed by atoms with van der Waals surface area (Å²) in [5, 5.41) is 9.92. The first-order valence-electron chi connectivity index (χ1n) is 3.79. The van der Waals surface area contributed by atoms with Crippen LogP contribution >= 0.6 is 11.6 Å². The van der Waals surface area contributed by atoms with Crippen LogP contribution in [0, 0.1) is 10.1 Å². The Kier molecular flexibility index (Phi) is 3.53. The fourth-order valence-electron chi connectivity index (χ4n) is 0.772. The van der Waals surface area contributed by atoms with E-state index in [1.165, 1.54) is 0 Å². The van der Waals surface area contributed by atoms with Gasteiger partial charge in [-0.1, -0.05) is 11.6 Å². The summed E-state index contributed by atoms with van der Waals surface area (Å²) in [5.41, 5.74) is -0.427. The van der Waals surface area contributed by atoms with E-state index in [0.29, 0.717) is 0 Å². The van der Waals surface area contributed by atoms with Crippen LogP contribution in [0.1, 0.15) is 0 Å². The van der Waals surface area contributed by atoms with Gasteiger partial charge in [0.1, 0.15) is 11.2 Å². The summed E-state index contributed by atoms with van der Waals surface area (Å²) in [5.74, 6) is -0.496. The molecular weight excluding hydrogens is 253 g/mol. The summed E-state index contributed by atoms with van der Waals surface area (Å²) in [6.07, 6.45) is -3.76. The van der Waals surface area contributed by atoms with Gasteiger partial charge in [0.05, 0.1) is 4.92 Å². The summed E-state index contributed by atoms with van der Waals surface area (Å²) in [6.45, 7) is -1.56. The second kappa shape index (κ2) is 4.52. The van der Waals surface area contributed by atoms with Crippen molar-refractivity contribution >= 4 is 17.3 Å². The molecule has 0 aliphatic carbocycles. The van der Waals surface area contributed by atoms with Crippen molar-refractivity contribution in [2.24, 2.45) is 0 Å². The Hall–Kier alpha value is -1.57. The molecule has 1 aromatic heterocycles. The fraction of sp³-hybridized carbons (Fsp3) is 0.286. The number of alkyl halides is 3. The Morgan fingerprint density at radius 2 is 2.19 bits per heavy atom. The third kappa shape index (κ3) is 3.54. The molecule has 0 N–H and O–H groups in total. The molecule has 5 nitrogen and oxygen atoms in total. The molecule has 0 amide bonds. The predicted octanol–water partition coefficient (Wildman–Crippen LogP) is 2.58. The van der Waals surface area contributed by atoms with Gasteiger partial charge in [-0.15, -0.1) is 0 Å². The molecule has 0 aliphatic heterocycles. The largest absolute Gasteiger partial charge is 0.467 e. The molecule has 0 unspecified atom stereocenters. The van der Waals surface area contributed by atoms with Gasteiger partial charge in [0.2, 0.25) is 5.88 Å². The molecule has 0 spiro atoms. The number of halogens is 4. The highest BCUT2D eigenvalue weighted by molar-refractivity contribution is 6.32. The van der Waals surface area contributed by atoms with Crippen molar-refractivity contribution in [1.82, 2.24) is 4.98 Å². The number of hydrogen-bond donors (Lipinski definition) is 0. The summed E-state index contributed by atoms with van der Waals surface area (Å²) >= 11 is 5.44. The standard InChI is InChI=1S/C7H4ClF3N2O3/c8-5-1-4(13(14)15)2-12-6(5)16-3-7(9,10)11/h1-2H,3H2. The minimum absolute atomic E-state index is 0.349. The number of ether oxygens (including phenoxy) is 1. The van der Waals surface area contributed by atoms with Crippen LogP contribution in [0.5, 0.6) is 5.88 Å². The topological polar surface area (TPSA) is 65.3 Å². The van der Waals surface area contributed by atoms with E-state index in [1.807, 2.05) is 0 Å². The van der Waals surface area contributed by atoms with E-state index in [-0.39, 0.29) is 5.02 Å². The van der Waals surface area contributed by atoms with Crippen molar-refractivity contribution in [2.75, 3.05) is 6.61 Å². The molecule has 0 bridgehead atoms. The average molecular weight is 257 g/mol. The number of nitro groups is 1. The number of aromatic nitrogens is 1. The first kappa shape index (κ1) is 12.5. The van der Waals surface area contributed by atoms with Crippen molar-refractivity contribution < 1.29 is 22.8 Å². The lowest BCUT2D eigenvalue weighted by Gasteiger charge is -2.08. The van der Waals surface area contributed by atoms with Crippen molar-refractivity contribution in [3.63, 3.8) is 0 Å². The van der Waals surface area contributed by atoms with Gasteiger partial charge in [0.15, 0.2) is 6.61 Å². The smallest absolute Gasteiger partial charge is 0.422 e. The van der Waals surface area contributed by atoms with Crippen LogP contribution in [0.25, 0.3) is 0 Å². The summed E-state index contributed by atoms with van der Waals surface area (Å²) in [6, 6.07) is 0.861. The minimum atomic E-state index is -4.52. The van der Waals surface area contributed by atoms with E-state index < -0.39 is 29.3 Å². The lowest BCUT2D eigenvalue weighted by molar-refractivity contribution is -0.385. The lowest BCUT2D eigenvalue weighted by atomic mass is 10.4. The van der Waals surface area contributed by atoms with E-state index in [4.69, 9.17) is 11.6 Å². The fourth-order valence-corrected chi connectivity index (χ4v) is 0.987. The minimum Gasteiger partial charge on any atom is -0.467 e. The van der Waals surface area contributed by atoms with Crippen LogP contribution in [0.15, 0.2) is 12.3 Å². The van der Waals surface area contributed by atoms with Gasteiger partial charge in [-0.2, -0.15) is 13.2 Å². The van der Waals surface area contributed by atoms with Crippen molar-refractivity contribution in [2.45, 2.75) is 6.18 Å². The van der Waals surface area contributed by atoms with Gasteiger partial charge in [-0.25, -0.2) is 4.98 Å². The van der Waals surface area contributed by atoms with Crippen LogP contribution in [0.4, 0.5) is 18.9 Å². The van der Waals surface area contributed by atoms with Gasteiger partial charge in [-0.05, 0) is 0 Å². The first-order chi connectivity index (χ1) is 7.29. The van der Waals surface area contributed by atoms with E-state index in [2.05, 4.69) is 9.72 Å². The van der Waals surface area contributed by atoms with Gasteiger partial charge in [0.25, 0.3) is 5.69 Å². The Labute approximate surface area is 91.9 Å². The molecule has 0 saturated heterocycles. The highest BCUT2D eigenvalue weighted by atomic mass is 35.5. The number of pyridine rings is 1. The SMILES string of the molecule is O=[N+]([O-])c1cnc(OCC(F)(F)F)c(Cl)c1. The third-order valence-corrected chi connectivity index (χ3v) is 1.65. The molecule has 1 heterocycles. The number of hydrogen-bond acceptors (Lipinski definition) is 4. The van der Waals surface area contributed by atoms with E-state index in [0.717, 1.165) is 12.3 Å². The molecule has 0 aromatic carbocycles. The Balaban J connectivity index is 2.80. The zero-order valence-electron chi connectivity index (χ0n) is 7.49. The van der Waals surface area contributed by atoms with Gasteiger partial charge in [0, 0.05) is 6.07 Å². The number of rotatable bonds is 3. The molecule has 88 valence electrons. The normalized spacial score (nSPS) is 11.2. The van der Waals surface area contributed by atoms with Gasteiger partial charge in [-0.3, -0.25) is 10.1 Å². The van der Waals surface area contributed by atoms with Crippen molar-refractivity contribution in [3.05, 3.63) is 27.4 Å². The van der Waals surface area contributed by atoms with Crippen LogP contribution in [0.3, 0.4) is 0 Å². The zero-order chi connectivity index (χ0) is 12.3. The maximum absolute atomic E-state index is 11.8. The van der Waals surface area contributed by atoms with Gasteiger partial charge >= 0.3 is 6.18 Å². The average Bonchev–Trinajstić information content (AvgIpc) is 2.14. The molecule has 0 radical (unpaired) electrons. The summed E-state index contributed by atoms with van der Waals surface area (Å²) in [4.78, 5) is 12.8. The molecule has 0 atom stereocenters. The molecular formula is C7H4ClF3N2O3. The second-order valence-electron chi connectivity index (χ2n) is 2.64. The molecule has 0 aliphatic rings. The molecule has 1 aromatic rings. The molecule has 0 fully saturated rings. The van der Waals surface area contributed by atoms with Crippen LogP contribution in [0.2, 0.25) is 5.02 Å². The summed E-state index contributed by atoms with van der Waals surface area (Å²) < 4.78 is 39.6. The molecule has 0 saturated carbocycles. The quantitative estimate of drug-likeness (QED) is 0.616. The van der Waals surface area contributed by atoms with Crippen LogP contribution < -0.4 is 4.74 Å². The molecule has 9 heteroatoms. The first-order valence-corrected chi connectivity index (χ1v) is 4.17. The van der Waals surface area contributed by atoms with E-state index >= 15 is 0 Å². The third-order valence-electron chi connectivity index (χ3n) is 1.38. The van der Waals surface area contributed by atoms with E-state index in [9.17, 15) is 23.3 Å². The number of nitrogens with zero attached hydrogens (tertiary/aromatic N) is 2. The molecule has 16 heavy (non-hydrogen) atoms.